The van der Waals surface area contributed by atoms with Crippen LogP contribution in [0.2, 0.25) is 0 Å². The predicted octanol–water partition coefficient (Wildman–Crippen LogP) is 4.59. The highest BCUT2D eigenvalue weighted by molar-refractivity contribution is 5.89. The summed E-state index contributed by atoms with van der Waals surface area (Å²) in [5, 5.41) is 14.7. The molecule has 6 nitrogen and oxygen atoms in total. The van der Waals surface area contributed by atoms with Crippen LogP contribution in [0.4, 0.5) is 10.5 Å². The lowest BCUT2D eigenvalue weighted by atomic mass is 10.1. The number of hydrogen-bond acceptors (Lipinski definition) is 4. The third-order valence-electron chi connectivity index (χ3n) is 5.10. The Kier molecular flexibility index (Phi) is 6.40. The predicted molar refractivity (Wildman–Crippen MR) is 114 cm³/mol. The molecule has 0 aromatic heterocycles. The fourth-order valence-corrected chi connectivity index (χ4v) is 3.39. The number of urea groups is 1. The monoisotopic (exact) mass is 392 g/mol. The van der Waals surface area contributed by atoms with Crippen LogP contribution in [-0.2, 0) is 0 Å². The maximum atomic E-state index is 12.3. The average molecular weight is 393 g/mol. The van der Waals surface area contributed by atoms with E-state index in [-0.39, 0.29) is 11.6 Å². The zero-order valence-corrected chi connectivity index (χ0v) is 17.2. The normalized spacial score (nSPS) is 16.8. The van der Waals surface area contributed by atoms with E-state index in [9.17, 15) is 4.79 Å². The molecule has 6 heteroatoms. The lowest BCUT2D eigenvalue weighted by molar-refractivity contribution is 0.168. The molecular formula is C23H28N4O2. The van der Waals surface area contributed by atoms with Gasteiger partial charge in [-0.25, -0.2) is 4.79 Å². The van der Waals surface area contributed by atoms with Crippen LogP contribution < -0.4 is 15.4 Å². The van der Waals surface area contributed by atoms with Gasteiger partial charge in [0.05, 0.1) is 11.6 Å². The molecule has 2 amide bonds. The second-order valence-electron chi connectivity index (χ2n) is 8.37. The number of nitrogens with zero attached hydrogens (tertiary/aromatic N) is 2. The zero-order chi connectivity index (χ0) is 20.9. The molecule has 1 unspecified atom stereocenters. The highest BCUT2D eigenvalue weighted by atomic mass is 16.5. The summed E-state index contributed by atoms with van der Waals surface area (Å²) < 4.78 is 5.80. The summed E-state index contributed by atoms with van der Waals surface area (Å²) in [7, 11) is 0. The van der Waals surface area contributed by atoms with Crippen molar-refractivity contribution in [2.75, 3.05) is 25.0 Å². The summed E-state index contributed by atoms with van der Waals surface area (Å²) in [5.74, 6) is 1.73. The summed E-state index contributed by atoms with van der Waals surface area (Å²) in [6.07, 6.45) is 1.10. The molecule has 1 heterocycles. The van der Waals surface area contributed by atoms with Crippen LogP contribution in [0, 0.1) is 17.2 Å². The van der Waals surface area contributed by atoms with Crippen molar-refractivity contribution in [1.29, 1.82) is 5.26 Å². The van der Waals surface area contributed by atoms with E-state index in [1.54, 1.807) is 30.3 Å². The maximum Gasteiger partial charge on any atom is 0.319 e. The van der Waals surface area contributed by atoms with Crippen LogP contribution in [0.1, 0.15) is 32.8 Å². The molecule has 152 valence electrons. The number of likely N-dealkylation sites (tertiary alicyclic amines) is 1. The van der Waals surface area contributed by atoms with Gasteiger partial charge in [-0.05, 0) is 76.1 Å². The van der Waals surface area contributed by atoms with Gasteiger partial charge in [0.2, 0.25) is 0 Å². The highest BCUT2D eigenvalue weighted by Gasteiger charge is 2.30. The van der Waals surface area contributed by atoms with Crippen LogP contribution in [0.3, 0.4) is 0 Å². The fraction of sp³-hybridized carbons (Fsp3) is 0.391. The zero-order valence-electron chi connectivity index (χ0n) is 17.2. The summed E-state index contributed by atoms with van der Waals surface area (Å²) in [5.41, 5.74) is 1.42. The molecule has 2 aromatic carbocycles. The van der Waals surface area contributed by atoms with Crippen molar-refractivity contribution in [1.82, 2.24) is 10.2 Å². The van der Waals surface area contributed by atoms with Gasteiger partial charge >= 0.3 is 6.03 Å². The third kappa shape index (κ3) is 5.97. The van der Waals surface area contributed by atoms with Crippen LogP contribution in [-0.4, -0.2) is 36.1 Å². The Bertz CT molecular complexity index is 881. The van der Waals surface area contributed by atoms with Crippen molar-refractivity contribution in [3.05, 3.63) is 54.1 Å². The van der Waals surface area contributed by atoms with Gasteiger partial charge in [0.15, 0.2) is 0 Å². The SMILES string of the molecule is CC(C)(C)N1CCC(CNC(=O)Nc2cccc(Oc3ccc(C#N)cc3)c2)C1. The maximum absolute atomic E-state index is 12.3. The highest BCUT2D eigenvalue weighted by Crippen LogP contribution is 2.25. The van der Waals surface area contributed by atoms with Crippen molar-refractivity contribution >= 4 is 11.7 Å². The molecule has 2 N–H and O–H groups in total. The smallest absolute Gasteiger partial charge is 0.319 e. The van der Waals surface area contributed by atoms with Crippen LogP contribution >= 0.6 is 0 Å². The lowest BCUT2D eigenvalue weighted by Crippen LogP contribution is -2.40. The second kappa shape index (κ2) is 8.97. The quantitative estimate of drug-likeness (QED) is 0.780. The van der Waals surface area contributed by atoms with E-state index < -0.39 is 0 Å². The minimum atomic E-state index is -0.213. The Hall–Kier alpha value is -3.04. The number of anilines is 1. The molecule has 1 atom stereocenters. The molecule has 0 radical (unpaired) electrons. The second-order valence-corrected chi connectivity index (χ2v) is 8.37. The van der Waals surface area contributed by atoms with E-state index in [0.717, 1.165) is 19.5 Å². The Balaban J connectivity index is 1.49. The molecular weight excluding hydrogens is 364 g/mol. The summed E-state index contributed by atoms with van der Waals surface area (Å²) >= 11 is 0. The van der Waals surface area contributed by atoms with Crippen molar-refractivity contribution in [2.24, 2.45) is 5.92 Å². The van der Waals surface area contributed by atoms with E-state index >= 15 is 0 Å². The Morgan fingerprint density at radius 2 is 1.97 bits per heavy atom. The van der Waals surface area contributed by atoms with Gasteiger partial charge in [-0.1, -0.05) is 6.07 Å². The number of amides is 2. The Morgan fingerprint density at radius 3 is 2.62 bits per heavy atom. The largest absolute Gasteiger partial charge is 0.457 e. The minimum Gasteiger partial charge on any atom is -0.457 e. The van der Waals surface area contributed by atoms with E-state index in [0.29, 0.717) is 35.2 Å². The van der Waals surface area contributed by atoms with Gasteiger partial charge < -0.3 is 15.4 Å². The Labute approximate surface area is 172 Å². The van der Waals surface area contributed by atoms with Crippen LogP contribution in [0.5, 0.6) is 11.5 Å². The van der Waals surface area contributed by atoms with Gasteiger partial charge in [-0.3, -0.25) is 4.90 Å². The first-order valence-electron chi connectivity index (χ1n) is 9.91. The molecule has 0 spiro atoms. The van der Waals surface area contributed by atoms with Crippen LogP contribution in [0.25, 0.3) is 0 Å². The first-order valence-corrected chi connectivity index (χ1v) is 9.91. The molecule has 0 aliphatic carbocycles. The van der Waals surface area contributed by atoms with Crippen molar-refractivity contribution in [3.8, 4) is 17.6 Å². The van der Waals surface area contributed by atoms with Crippen molar-refractivity contribution < 1.29 is 9.53 Å². The summed E-state index contributed by atoms with van der Waals surface area (Å²) in [6, 6.07) is 16.0. The third-order valence-corrected chi connectivity index (χ3v) is 5.10. The van der Waals surface area contributed by atoms with Gasteiger partial charge in [0.1, 0.15) is 11.5 Å². The number of benzene rings is 2. The molecule has 2 aromatic rings. The molecule has 3 rings (SSSR count). The van der Waals surface area contributed by atoms with E-state index in [1.165, 1.54) is 0 Å². The fourth-order valence-electron chi connectivity index (χ4n) is 3.39. The molecule has 29 heavy (non-hydrogen) atoms. The number of carbonyl (C=O) groups excluding carboxylic acids is 1. The van der Waals surface area contributed by atoms with Gasteiger partial charge in [0, 0.05) is 30.4 Å². The standard InChI is InChI=1S/C23H28N4O2/c1-23(2,3)27-12-11-18(16-27)15-25-22(28)26-19-5-4-6-21(13-19)29-20-9-7-17(14-24)8-10-20/h4-10,13,18H,11-12,15-16H2,1-3H3,(H2,25,26,28). The number of rotatable bonds is 5. The first kappa shape index (κ1) is 20.7. The number of carbonyl (C=O) groups is 1. The molecule has 1 aliphatic rings. The van der Waals surface area contributed by atoms with Gasteiger partial charge in [-0.15, -0.1) is 0 Å². The topological polar surface area (TPSA) is 77.4 Å². The summed E-state index contributed by atoms with van der Waals surface area (Å²) in [4.78, 5) is 14.7. The number of ether oxygens (including phenoxy) is 1. The number of nitrogens with one attached hydrogen (secondary N) is 2. The number of nitriles is 1. The molecule has 1 fully saturated rings. The molecule has 1 saturated heterocycles. The minimum absolute atomic E-state index is 0.173. The van der Waals surface area contributed by atoms with Crippen molar-refractivity contribution in [2.45, 2.75) is 32.7 Å². The van der Waals surface area contributed by atoms with Gasteiger partial charge in [0.25, 0.3) is 0 Å². The lowest BCUT2D eigenvalue weighted by Gasteiger charge is -2.31. The van der Waals surface area contributed by atoms with Crippen LogP contribution in [0.15, 0.2) is 48.5 Å². The molecule has 1 aliphatic heterocycles. The van der Waals surface area contributed by atoms with Crippen molar-refractivity contribution in [3.63, 3.8) is 0 Å². The Morgan fingerprint density at radius 1 is 1.21 bits per heavy atom. The van der Waals surface area contributed by atoms with E-state index in [4.69, 9.17) is 10.00 Å². The van der Waals surface area contributed by atoms with E-state index in [2.05, 4.69) is 42.4 Å². The number of hydrogen-bond donors (Lipinski definition) is 2. The first-order chi connectivity index (χ1) is 13.8. The summed E-state index contributed by atoms with van der Waals surface area (Å²) in [6.45, 7) is 9.43. The molecule has 0 saturated carbocycles. The van der Waals surface area contributed by atoms with Gasteiger partial charge in [-0.2, -0.15) is 5.26 Å². The van der Waals surface area contributed by atoms with E-state index in [1.807, 2.05) is 18.2 Å². The molecule has 0 bridgehead atoms. The average Bonchev–Trinajstić information content (AvgIpc) is 3.17.